The third kappa shape index (κ3) is 2.53. The summed E-state index contributed by atoms with van der Waals surface area (Å²) in [6, 6.07) is 5.11. The van der Waals surface area contributed by atoms with E-state index in [1.807, 2.05) is 0 Å². The molecule has 1 unspecified atom stereocenters. The molecule has 0 saturated carbocycles. The number of piperidine rings is 1. The summed E-state index contributed by atoms with van der Waals surface area (Å²) < 4.78 is 0. The van der Waals surface area contributed by atoms with E-state index in [1.54, 1.807) is 18.2 Å². The lowest BCUT2D eigenvalue weighted by Crippen LogP contribution is -2.46. The van der Waals surface area contributed by atoms with Crippen LogP contribution >= 0.6 is 0 Å². The SMILES string of the molecule is CC(CN1C(=O)c2ccc(N)cc2C1=O)N1CCCCC1. The number of rotatable bonds is 3. The Kier molecular flexibility index (Phi) is 3.68. The summed E-state index contributed by atoms with van der Waals surface area (Å²) in [6.45, 7) is 4.64. The lowest BCUT2D eigenvalue weighted by molar-refractivity contribution is 0.0585. The fraction of sp³-hybridized carbons (Fsp3) is 0.500. The van der Waals surface area contributed by atoms with Crippen LogP contribution in [0.4, 0.5) is 5.69 Å². The van der Waals surface area contributed by atoms with Gasteiger partial charge in [-0.15, -0.1) is 0 Å². The van der Waals surface area contributed by atoms with Crippen molar-refractivity contribution >= 4 is 17.5 Å². The van der Waals surface area contributed by atoms with Gasteiger partial charge in [0.25, 0.3) is 11.8 Å². The van der Waals surface area contributed by atoms with Crippen molar-refractivity contribution in [1.82, 2.24) is 9.80 Å². The second-order valence-electron chi connectivity index (χ2n) is 5.97. The minimum Gasteiger partial charge on any atom is -0.399 e. The van der Waals surface area contributed by atoms with Gasteiger partial charge in [-0.05, 0) is 51.1 Å². The number of imide groups is 1. The summed E-state index contributed by atoms with van der Waals surface area (Å²) in [6.07, 6.45) is 3.67. The van der Waals surface area contributed by atoms with Crippen LogP contribution in [0.5, 0.6) is 0 Å². The third-order valence-corrected chi connectivity index (χ3v) is 4.46. The van der Waals surface area contributed by atoms with Crippen LogP contribution in [0.1, 0.15) is 46.9 Å². The average Bonchev–Trinajstić information content (AvgIpc) is 2.73. The van der Waals surface area contributed by atoms with Crippen molar-refractivity contribution in [2.75, 3.05) is 25.4 Å². The first-order chi connectivity index (χ1) is 10.1. The second kappa shape index (κ2) is 5.48. The fourth-order valence-corrected chi connectivity index (χ4v) is 3.21. The molecule has 2 N–H and O–H groups in total. The summed E-state index contributed by atoms with van der Waals surface area (Å²) in [4.78, 5) is 28.5. The molecule has 1 saturated heterocycles. The van der Waals surface area contributed by atoms with Gasteiger partial charge in [0.2, 0.25) is 0 Å². The molecule has 1 fully saturated rings. The minimum absolute atomic E-state index is 0.196. The van der Waals surface area contributed by atoms with Gasteiger partial charge in [-0.1, -0.05) is 6.42 Å². The van der Waals surface area contributed by atoms with Crippen molar-refractivity contribution < 1.29 is 9.59 Å². The Hall–Kier alpha value is -1.88. The first-order valence-electron chi connectivity index (χ1n) is 7.57. The number of carbonyl (C=O) groups excluding carboxylic acids is 2. The first-order valence-corrected chi connectivity index (χ1v) is 7.57. The molecule has 5 heteroatoms. The molecule has 0 aromatic heterocycles. The Balaban J connectivity index is 1.75. The number of fused-ring (bicyclic) bond motifs is 1. The molecule has 0 radical (unpaired) electrons. The number of hydrogen-bond donors (Lipinski definition) is 1. The van der Waals surface area contributed by atoms with Crippen molar-refractivity contribution in [3.05, 3.63) is 29.3 Å². The highest BCUT2D eigenvalue weighted by Gasteiger charge is 2.36. The number of nitrogens with zero attached hydrogens (tertiary/aromatic N) is 2. The van der Waals surface area contributed by atoms with Gasteiger partial charge in [-0.3, -0.25) is 19.4 Å². The van der Waals surface area contributed by atoms with Gasteiger partial charge in [0.1, 0.15) is 0 Å². The van der Waals surface area contributed by atoms with Crippen LogP contribution in [0.3, 0.4) is 0 Å². The van der Waals surface area contributed by atoms with Crippen molar-refractivity contribution in [3.63, 3.8) is 0 Å². The number of amides is 2. The number of nitrogens with two attached hydrogens (primary N) is 1. The molecule has 0 bridgehead atoms. The Morgan fingerprint density at radius 3 is 2.48 bits per heavy atom. The lowest BCUT2D eigenvalue weighted by atomic mass is 10.1. The zero-order valence-corrected chi connectivity index (χ0v) is 12.3. The van der Waals surface area contributed by atoms with Gasteiger partial charge in [0.15, 0.2) is 0 Å². The maximum atomic E-state index is 12.4. The van der Waals surface area contributed by atoms with Crippen LogP contribution in [0.2, 0.25) is 0 Å². The van der Waals surface area contributed by atoms with E-state index in [4.69, 9.17) is 5.73 Å². The predicted molar refractivity (Wildman–Crippen MR) is 81.1 cm³/mol. The molecule has 2 aliphatic rings. The molecule has 1 aromatic carbocycles. The maximum Gasteiger partial charge on any atom is 0.261 e. The highest BCUT2D eigenvalue weighted by Crippen LogP contribution is 2.25. The molecule has 112 valence electrons. The smallest absolute Gasteiger partial charge is 0.261 e. The number of benzene rings is 1. The summed E-state index contributed by atoms with van der Waals surface area (Å²) in [5.74, 6) is -0.412. The number of hydrogen-bond acceptors (Lipinski definition) is 4. The third-order valence-electron chi connectivity index (χ3n) is 4.46. The zero-order chi connectivity index (χ0) is 15.0. The number of anilines is 1. The van der Waals surface area contributed by atoms with Crippen molar-refractivity contribution in [3.8, 4) is 0 Å². The topological polar surface area (TPSA) is 66.6 Å². The van der Waals surface area contributed by atoms with E-state index < -0.39 is 0 Å². The zero-order valence-electron chi connectivity index (χ0n) is 12.3. The van der Waals surface area contributed by atoms with E-state index >= 15 is 0 Å². The van der Waals surface area contributed by atoms with E-state index in [2.05, 4.69) is 11.8 Å². The second-order valence-corrected chi connectivity index (χ2v) is 5.97. The summed E-state index contributed by atoms with van der Waals surface area (Å²) in [5, 5.41) is 0. The minimum atomic E-state index is -0.217. The standard InChI is InChI=1S/C16H21N3O2/c1-11(18-7-3-2-4-8-18)10-19-15(20)13-6-5-12(17)9-14(13)16(19)21/h5-6,9,11H,2-4,7-8,10,17H2,1H3. The van der Waals surface area contributed by atoms with Crippen LogP contribution in [-0.2, 0) is 0 Å². The summed E-state index contributed by atoms with van der Waals surface area (Å²) in [5.41, 5.74) is 7.13. The largest absolute Gasteiger partial charge is 0.399 e. The molecule has 2 amide bonds. The van der Waals surface area contributed by atoms with E-state index in [0.717, 1.165) is 13.1 Å². The number of likely N-dealkylation sites (tertiary alicyclic amines) is 1. The van der Waals surface area contributed by atoms with Gasteiger partial charge in [0, 0.05) is 18.3 Å². The highest BCUT2D eigenvalue weighted by atomic mass is 16.2. The maximum absolute atomic E-state index is 12.4. The molecule has 0 spiro atoms. The van der Waals surface area contributed by atoms with Crippen molar-refractivity contribution in [1.29, 1.82) is 0 Å². The van der Waals surface area contributed by atoms with Gasteiger partial charge in [-0.2, -0.15) is 0 Å². The van der Waals surface area contributed by atoms with Gasteiger partial charge in [-0.25, -0.2) is 0 Å². The average molecular weight is 287 g/mol. The highest BCUT2D eigenvalue weighted by molar-refractivity contribution is 6.21. The fourth-order valence-electron chi connectivity index (χ4n) is 3.21. The van der Waals surface area contributed by atoms with Crippen LogP contribution in [-0.4, -0.2) is 47.3 Å². The van der Waals surface area contributed by atoms with Gasteiger partial charge >= 0.3 is 0 Å². The summed E-state index contributed by atoms with van der Waals surface area (Å²) in [7, 11) is 0. The predicted octanol–water partition coefficient (Wildman–Crippen LogP) is 1.74. The van der Waals surface area contributed by atoms with E-state index in [-0.39, 0.29) is 17.9 Å². The van der Waals surface area contributed by atoms with Gasteiger partial charge < -0.3 is 5.73 Å². The molecule has 1 aromatic rings. The monoisotopic (exact) mass is 287 g/mol. The Morgan fingerprint density at radius 1 is 1.10 bits per heavy atom. The van der Waals surface area contributed by atoms with Crippen LogP contribution in [0, 0.1) is 0 Å². The molecule has 21 heavy (non-hydrogen) atoms. The van der Waals surface area contributed by atoms with Crippen LogP contribution < -0.4 is 5.73 Å². The van der Waals surface area contributed by atoms with Crippen molar-refractivity contribution in [2.24, 2.45) is 0 Å². The first kappa shape index (κ1) is 14.1. The molecular weight excluding hydrogens is 266 g/mol. The van der Waals surface area contributed by atoms with Crippen LogP contribution in [0.25, 0.3) is 0 Å². The molecule has 3 rings (SSSR count). The molecule has 0 aliphatic carbocycles. The molecular formula is C16H21N3O2. The Bertz CT molecular complexity index is 579. The Labute approximate surface area is 124 Å². The van der Waals surface area contributed by atoms with E-state index in [9.17, 15) is 9.59 Å². The quantitative estimate of drug-likeness (QED) is 0.679. The van der Waals surface area contributed by atoms with E-state index in [1.165, 1.54) is 24.2 Å². The Morgan fingerprint density at radius 2 is 1.76 bits per heavy atom. The lowest BCUT2D eigenvalue weighted by Gasteiger charge is -2.34. The molecule has 1 atom stereocenters. The van der Waals surface area contributed by atoms with Crippen molar-refractivity contribution in [2.45, 2.75) is 32.2 Å². The molecule has 2 aliphatic heterocycles. The normalized spacial score (nSPS) is 20.7. The number of carbonyl (C=O) groups is 2. The van der Waals surface area contributed by atoms with Crippen LogP contribution in [0.15, 0.2) is 18.2 Å². The molecule has 2 heterocycles. The number of nitrogen functional groups attached to an aromatic ring is 1. The van der Waals surface area contributed by atoms with E-state index in [0.29, 0.717) is 23.4 Å². The van der Waals surface area contributed by atoms with Gasteiger partial charge in [0.05, 0.1) is 11.1 Å². The summed E-state index contributed by atoms with van der Waals surface area (Å²) >= 11 is 0. The molecule has 5 nitrogen and oxygen atoms in total.